The van der Waals surface area contributed by atoms with Gasteiger partial charge in [-0.1, -0.05) is 31.9 Å². The zero-order valence-electron chi connectivity index (χ0n) is 9.36. The van der Waals surface area contributed by atoms with Crippen LogP contribution in [-0.2, 0) is 19.0 Å². The molecule has 2 rings (SSSR count). The van der Waals surface area contributed by atoms with Crippen molar-refractivity contribution in [3.63, 3.8) is 0 Å². The molecule has 0 bridgehead atoms. The van der Waals surface area contributed by atoms with Crippen LogP contribution in [0.25, 0.3) is 0 Å². The average Bonchev–Trinajstić information content (AvgIpc) is 2.73. The molecular weight excluding hydrogens is 348 g/mol. The van der Waals surface area contributed by atoms with Gasteiger partial charge in [0, 0.05) is 28.6 Å². The smallest absolute Gasteiger partial charge is 0.132 e. The van der Waals surface area contributed by atoms with Crippen molar-refractivity contribution in [2.45, 2.75) is 11.9 Å². The molecule has 0 aliphatic heterocycles. The Bertz CT molecular complexity index is 511. The maximum absolute atomic E-state index is 5.76. The summed E-state index contributed by atoms with van der Waals surface area (Å²) in [5.41, 5.74) is 2.05. The molecule has 0 aliphatic rings. The summed E-state index contributed by atoms with van der Waals surface area (Å²) in [4.78, 5) is 0. The molecule has 1 aromatic heterocycles. The number of hydrogen-bond acceptors (Lipinski definition) is 2. The fourth-order valence-electron chi connectivity index (χ4n) is 1.49. The van der Waals surface area contributed by atoms with Crippen molar-refractivity contribution in [2.75, 3.05) is 0 Å². The minimum Gasteiger partial charge on any atom is -0.487 e. The summed E-state index contributed by atoms with van der Waals surface area (Å²) in [5, 5.41) is 5.04. The lowest BCUT2D eigenvalue weighted by atomic mass is 10.2. The molecule has 1 heterocycles. The molecule has 0 spiro atoms. The maximum atomic E-state index is 5.76. The predicted molar refractivity (Wildman–Crippen MR) is 74.3 cm³/mol. The molecule has 1 aromatic carbocycles. The molecule has 0 atom stereocenters. The van der Waals surface area contributed by atoms with E-state index in [0.717, 1.165) is 26.8 Å². The van der Waals surface area contributed by atoms with E-state index >= 15 is 0 Å². The molecule has 5 heteroatoms. The van der Waals surface area contributed by atoms with E-state index < -0.39 is 0 Å². The minimum atomic E-state index is 0.489. The van der Waals surface area contributed by atoms with Crippen LogP contribution >= 0.6 is 31.9 Å². The lowest BCUT2D eigenvalue weighted by Crippen LogP contribution is -1.99. The molecular formula is C12H12Br2N2O. The molecule has 0 N–H and O–H groups in total. The van der Waals surface area contributed by atoms with Crippen molar-refractivity contribution in [1.29, 1.82) is 0 Å². The van der Waals surface area contributed by atoms with Gasteiger partial charge in [-0.3, -0.25) is 4.68 Å². The first-order valence-corrected chi connectivity index (χ1v) is 7.06. The molecule has 0 saturated carbocycles. The van der Waals surface area contributed by atoms with Crippen LogP contribution in [-0.4, -0.2) is 9.78 Å². The second-order valence-electron chi connectivity index (χ2n) is 3.66. The first-order chi connectivity index (χ1) is 8.19. The number of halogens is 2. The number of nitrogens with zero attached hydrogens (tertiary/aromatic N) is 2. The Morgan fingerprint density at radius 2 is 2.18 bits per heavy atom. The quantitative estimate of drug-likeness (QED) is 0.779. The Kier molecular flexibility index (Phi) is 4.23. The normalized spacial score (nSPS) is 10.5. The Hall–Kier alpha value is -0.810. The molecule has 0 aliphatic carbocycles. The Morgan fingerprint density at radius 1 is 1.35 bits per heavy atom. The van der Waals surface area contributed by atoms with Crippen molar-refractivity contribution < 1.29 is 4.74 Å². The highest BCUT2D eigenvalue weighted by Crippen LogP contribution is 2.25. The lowest BCUT2D eigenvalue weighted by molar-refractivity contribution is 0.298. The third kappa shape index (κ3) is 3.33. The van der Waals surface area contributed by atoms with E-state index in [2.05, 4.69) is 37.0 Å². The summed E-state index contributed by atoms with van der Waals surface area (Å²) >= 11 is 6.90. The zero-order chi connectivity index (χ0) is 12.3. The van der Waals surface area contributed by atoms with E-state index in [9.17, 15) is 0 Å². The zero-order valence-corrected chi connectivity index (χ0v) is 12.5. The van der Waals surface area contributed by atoms with Crippen molar-refractivity contribution in [1.82, 2.24) is 9.78 Å². The van der Waals surface area contributed by atoms with Crippen molar-refractivity contribution in [2.24, 2.45) is 7.05 Å². The maximum Gasteiger partial charge on any atom is 0.132 e. The second kappa shape index (κ2) is 5.69. The van der Waals surface area contributed by atoms with E-state index in [4.69, 9.17) is 4.74 Å². The van der Waals surface area contributed by atoms with Crippen LogP contribution in [0.2, 0.25) is 0 Å². The summed E-state index contributed by atoms with van der Waals surface area (Å²) in [7, 11) is 1.90. The highest BCUT2D eigenvalue weighted by molar-refractivity contribution is 9.10. The molecule has 0 saturated heterocycles. The van der Waals surface area contributed by atoms with E-state index in [0.29, 0.717) is 6.61 Å². The number of ether oxygens (including phenoxy) is 1. The second-order valence-corrected chi connectivity index (χ2v) is 5.13. The molecule has 3 nitrogen and oxygen atoms in total. The Morgan fingerprint density at radius 3 is 2.82 bits per heavy atom. The van der Waals surface area contributed by atoms with Gasteiger partial charge < -0.3 is 4.74 Å². The number of benzene rings is 1. The van der Waals surface area contributed by atoms with Gasteiger partial charge in [0.15, 0.2) is 0 Å². The summed E-state index contributed by atoms with van der Waals surface area (Å²) in [6, 6.07) is 7.93. The summed E-state index contributed by atoms with van der Waals surface area (Å²) in [6.45, 7) is 0.489. The molecule has 2 aromatic rings. The van der Waals surface area contributed by atoms with Gasteiger partial charge in [0.1, 0.15) is 12.4 Å². The molecule has 0 radical (unpaired) electrons. The fraction of sp³-hybridized carbons (Fsp3) is 0.250. The molecule has 0 unspecified atom stereocenters. The van der Waals surface area contributed by atoms with Crippen LogP contribution in [0.15, 0.2) is 34.9 Å². The molecule has 0 amide bonds. The van der Waals surface area contributed by atoms with E-state index in [1.165, 1.54) is 0 Å². The highest BCUT2D eigenvalue weighted by Gasteiger charge is 2.05. The number of aryl methyl sites for hydroxylation is 1. The van der Waals surface area contributed by atoms with E-state index in [-0.39, 0.29) is 0 Å². The van der Waals surface area contributed by atoms with Crippen molar-refractivity contribution in [3.8, 4) is 5.75 Å². The van der Waals surface area contributed by atoms with Crippen LogP contribution in [0, 0.1) is 0 Å². The first-order valence-electron chi connectivity index (χ1n) is 5.15. The van der Waals surface area contributed by atoms with Gasteiger partial charge in [-0.15, -0.1) is 0 Å². The van der Waals surface area contributed by atoms with E-state index in [1.807, 2.05) is 37.5 Å². The van der Waals surface area contributed by atoms with Crippen LogP contribution in [0.4, 0.5) is 0 Å². The van der Waals surface area contributed by atoms with E-state index in [1.54, 1.807) is 4.68 Å². The van der Waals surface area contributed by atoms with Gasteiger partial charge in [0.2, 0.25) is 0 Å². The lowest BCUT2D eigenvalue weighted by Gasteiger charge is -2.09. The molecule has 90 valence electrons. The van der Waals surface area contributed by atoms with Gasteiger partial charge in [-0.2, -0.15) is 5.10 Å². The summed E-state index contributed by atoms with van der Waals surface area (Å²) in [6.07, 6.45) is 1.91. The number of aromatic nitrogens is 2. The standard InChI is InChI=1S/C12H12Br2N2O/c1-16-5-4-11(15-16)8-17-12-3-2-10(14)6-9(12)7-13/h2-6H,7-8H2,1H3. The molecule has 17 heavy (non-hydrogen) atoms. The van der Waals surface area contributed by atoms with Crippen molar-refractivity contribution in [3.05, 3.63) is 46.2 Å². The Labute approximate surface area is 117 Å². The number of hydrogen-bond donors (Lipinski definition) is 0. The van der Waals surface area contributed by atoms with Crippen LogP contribution in [0.5, 0.6) is 5.75 Å². The van der Waals surface area contributed by atoms with Crippen LogP contribution in [0.1, 0.15) is 11.3 Å². The SMILES string of the molecule is Cn1ccc(COc2ccc(Br)cc2CBr)n1. The largest absolute Gasteiger partial charge is 0.487 e. The van der Waals surface area contributed by atoms with Gasteiger partial charge in [-0.25, -0.2) is 0 Å². The van der Waals surface area contributed by atoms with Crippen molar-refractivity contribution >= 4 is 31.9 Å². The topological polar surface area (TPSA) is 27.1 Å². The van der Waals surface area contributed by atoms with Gasteiger partial charge >= 0.3 is 0 Å². The monoisotopic (exact) mass is 358 g/mol. The summed E-state index contributed by atoms with van der Waals surface area (Å²) < 4.78 is 8.58. The average molecular weight is 360 g/mol. The third-order valence-electron chi connectivity index (χ3n) is 2.31. The highest BCUT2D eigenvalue weighted by atomic mass is 79.9. The summed E-state index contributed by atoms with van der Waals surface area (Å²) in [5.74, 6) is 0.885. The fourth-order valence-corrected chi connectivity index (χ4v) is 2.33. The van der Waals surface area contributed by atoms with Gasteiger partial charge in [-0.05, 0) is 24.3 Å². The number of alkyl halides is 1. The predicted octanol–water partition coefficient (Wildman–Crippen LogP) is 3.66. The van der Waals surface area contributed by atoms with Crippen LogP contribution < -0.4 is 4.74 Å². The number of rotatable bonds is 4. The first kappa shape index (κ1) is 12.6. The Balaban J connectivity index is 2.08. The van der Waals surface area contributed by atoms with Crippen LogP contribution in [0.3, 0.4) is 0 Å². The third-order valence-corrected chi connectivity index (χ3v) is 3.41. The minimum absolute atomic E-state index is 0.489. The molecule has 0 fully saturated rings. The van der Waals surface area contributed by atoms with Gasteiger partial charge in [0.05, 0.1) is 5.69 Å². The van der Waals surface area contributed by atoms with Gasteiger partial charge in [0.25, 0.3) is 0 Å².